The Hall–Kier alpha value is -1.89. The zero-order valence-electron chi connectivity index (χ0n) is 15.2. The molecule has 144 valence electrons. The molecule has 1 saturated heterocycles. The second-order valence-corrected chi connectivity index (χ2v) is 7.97. The van der Waals surface area contributed by atoms with E-state index in [-0.39, 0.29) is 6.61 Å². The lowest BCUT2D eigenvalue weighted by molar-refractivity contribution is -0.139. The zero-order valence-corrected chi connectivity index (χ0v) is 16.8. The van der Waals surface area contributed by atoms with E-state index in [4.69, 9.17) is 21.4 Å². The Morgan fingerprint density at radius 3 is 2.67 bits per heavy atom. The fraction of sp³-hybridized carbons (Fsp3) is 0.350. The van der Waals surface area contributed by atoms with Gasteiger partial charge in [-0.1, -0.05) is 53.4 Å². The first kappa shape index (κ1) is 19.9. The lowest BCUT2D eigenvalue weighted by atomic mass is 10.2. The summed E-state index contributed by atoms with van der Waals surface area (Å²) in [5, 5.41) is 9.48. The number of piperazine rings is 1. The summed E-state index contributed by atoms with van der Waals surface area (Å²) >= 11 is 7.99. The van der Waals surface area contributed by atoms with Gasteiger partial charge in [0.25, 0.3) is 0 Å². The molecule has 0 bridgehead atoms. The Kier molecular flexibility index (Phi) is 6.88. The van der Waals surface area contributed by atoms with E-state index in [0.717, 1.165) is 37.6 Å². The summed E-state index contributed by atoms with van der Waals surface area (Å²) in [7, 11) is 0. The first-order chi connectivity index (χ1) is 13.0. The summed E-state index contributed by atoms with van der Waals surface area (Å²) in [5.41, 5.74) is 3.47. The lowest BCUT2D eigenvalue weighted by Crippen LogP contribution is -2.43. The van der Waals surface area contributed by atoms with Gasteiger partial charge in [-0.2, -0.15) is 0 Å². The average Bonchev–Trinajstić information content (AvgIpc) is 2.66. The van der Waals surface area contributed by atoms with Crippen LogP contribution < -0.4 is 9.64 Å². The zero-order chi connectivity index (χ0) is 19.2. The van der Waals surface area contributed by atoms with Crippen LogP contribution in [0.5, 0.6) is 5.75 Å². The van der Waals surface area contributed by atoms with Gasteiger partial charge < -0.3 is 14.7 Å². The lowest BCUT2D eigenvalue weighted by Gasteiger charge is -2.36. The van der Waals surface area contributed by atoms with Crippen molar-refractivity contribution in [3.63, 3.8) is 0 Å². The molecule has 1 heterocycles. The number of nitrogens with zero attached hydrogens (tertiary/aromatic N) is 2. The minimum Gasteiger partial charge on any atom is -0.480 e. The maximum atomic E-state index is 10.8. The van der Waals surface area contributed by atoms with Crippen molar-refractivity contribution in [2.75, 3.05) is 37.7 Å². The van der Waals surface area contributed by atoms with Crippen LogP contribution in [0.4, 0.5) is 5.69 Å². The molecule has 0 unspecified atom stereocenters. The van der Waals surface area contributed by atoms with Crippen LogP contribution in [0.1, 0.15) is 11.1 Å². The monoisotopic (exact) mass is 406 g/mol. The molecule has 1 aliphatic rings. The standard InChI is InChI=1S/C20H23ClN2O3S/c1-15-3-2-4-16(11-15)14-27-23-9-7-22(8-10-23)18-12-17(21)5-6-19(18)26-13-20(24)25/h2-6,11-12H,7-10,13-14H2,1H3,(H,24,25). The Balaban J connectivity index is 1.57. The summed E-state index contributed by atoms with van der Waals surface area (Å²) in [5.74, 6) is 0.530. The molecule has 0 saturated carbocycles. The van der Waals surface area contributed by atoms with E-state index in [2.05, 4.69) is 40.4 Å². The number of carboxylic acids is 1. The first-order valence-electron chi connectivity index (χ1n) is 8.84. The van der Waals surface area contributed by atoms with Crippen LogP contribution in [0, 0.1) is 6.92 Å². The van der Waals surface area contributed by atoms with Crippen LogP contribution in [0.2, 0.25) is 5.02 Å². The van der Waals surface area contributed by atoms with Gasteiger partial charge in [0.05, 0.1) is 5.69 Å². The fourth-order valence-corrected chi connectivity index (χ4v) is 4.12. The van der Waals surface area contributed by atoms with Crippen LogP contribution in [-0.4, -0.2) is 48.2 Å². The molecule has 2 aromatic carbocycles. The molecule has 1 N–H and O–H groups in total. The van der Waals surface area contributed by atoms with Crippen LogP contribution in [0.25, 0.3) is 0 Å². The van der Waals surface area contributed by atoms with Crippen LogP contribution in [0.3, 0.4) is 0 Å². The van der Waals surface area contributed by atoms with E-state index in [1.54, 1.807) is 12.1 Å². The maximum Gasteiger partial charge on any atom is 0.341 e. The average molecular weight is 407 g/mol. The summed E-state index contributed by atoms with van der Waals surface area (Å²) in [4.78, 5) is 13.0. The number of hydrogen-bond donors (Lipinski definition) is 1. The Labute approximate surface area is 169 Å². The number of carbonyl (C=O) groups is 1. The van der Waals surface area contributed by atoms with Gasteiger partial charge >= 0.3 is 5.97 Å². The topological polar surface area (TPSA) is 53.0 Å². The highest BCUT2D eigenvalue weighted by Crippen LogP contribution is 2.33. The number of carboxylic acid groups (broad SMARTS) is 1. The van der Waals surface area contributed by atoms with E-state index in [0.29, 0.717) is 10.8 Å². The van der Waals surface area contributed by atoms with Gasteiger partial charge in [0, 0.05) is 37.0 Å². The number of aryl methyl sites for hydroxylation is 1. The van der Waals surface area contributed by atoms with E-state index >= 15 is 0 Å². The highest BCUT2D eigenvalue weighted by atomic mass is 35.5. The normalized spacial score (nSPS) is 15.0. The Bertz CT molecular complexity index is 795. The Morgan fingerprint density at radius 1 is 1.19 bits per heavy atom. The van der Waals surface area contributed by atoms with Gasteiger partial charge in [-0.3, -0.25) is 0 Å². The Morgan fingerprint density at radius 2 is 1.96 bits per heavy atom. The molecule has 3 rings (SSSR count). The SMILES string of the molecule is Cc1cccc(CSN2CCN(c3cc(Cl)ccc3OCC(=O)O)CC2)c1. The van der Waals surface area contributed by atoms with Crippen molar-refractivity contribution < 1.29 is 14.6 Å². The molecule has 1 aliphatic heterocycles. The van der Waals surface area contributed by atoms with Crippen molar-refractivity contribution in [2.45, 2.75) is 12.7 Å². The second-order valence-electron chi connectivity index (χ2n) is 6.47. The molecule has 27 heavy (non-hydrogen) atoms. The van der Waals surface area contributed by atoms with Crippen molar-refractivity contribution in [2.24, 2.45) is 0 Å². The van der Waals surface area contributed by atoms with E-state index < -0.39 is 5.97 Å². The third kappa shape index (κ3) is 5.79. The summed E-state index contributed by atoms with van der Waals surface area (Å²) in [6.07, 6.45) is 0. The molecular weight excluding hydrogens is 384 g/mol. The largest absolute Gasteiger partial charge is 0.480 e. The summed E-state index contributed by atoms with van der Waals surface area (Å²) < 4.78 is 7.81. The molecule has 0 aromatic heterocycles. The maximum absolute atomic E-state index is 10.8. The summed E-state index contributed by atoms with van der Waals surface area (Å²) in [6.45, 7) is 5.26. The van der Waals surface area contributed by atoms with Crippen LogP contribution >= 0.6 is 23.5 Å². The molecule has 0 aliphatic carbocycles. The summed E-state index contributed by atoms with van der Waals surface area (Å²) in [6, 6.07) is 13.9. The van der Waals surface area contributed by atoms with Gasteiger partial charge in [0.2, 0.25) is 0 Å². The number of benzene rings is 2. The van der Waals surface area contributed by atoms with Gasteiger partial charge in [-0.05, 0) is 30.7 Å². The number of halogens is 1. The highest BCUT2D eigenvalue weighted by molar-refractivity contribution is 7.96. The van der Waals surface area contributed by atoms with E-state index in [1.165, 1.54) is 11.1 Å². The number of ether oxygens (including phenoxy) is 1. The second kappa shape index (κ2) is 9.35. The molecule has 7 heteroatoms. The van der Waals surface area contributed by atoms with E-state index in [9.17, 15) is 4.79 Å². The van der Waals surface area contributed by atoms with Crippen molar-refractivity contribution in [1.29, 1.82) is 0 Å². The quantitative estimate of drug-likeness (QED) is 0.699. The fourth-order valence-electron chi connectivity index (χ4n) is 3.03. The molecule has 0 spiro atoms. The van der Waals surface area contributed by atoms with Gasteiger partial charge in [0.1, 0.15) is 5.75 Å². The van der Waals surface area contributed by atoms with Crippen molar-refractivity contribution in [3.8, 4) is 5.75 Å². The van der Waals surface area contributed by atoms with Crippen LogP contribution in [-0.2, 0) is 10.5 Å². The third-order valence-corrected chi connectivity index (χ3v) is 5.78. The predicted octanol–water partition coefficient (Wildman–Crippen LogP) is 4.08. The smallest absolute Gasteiger partial charge is 0.341 e. The molecule has 2 aromatic rings. The minimum absolute atomic E-state index is 0.360. The number of aliphatic carboxylic acids is 1. The predicted molar refractivity (Wildman–Crippen MR) is 111 cm³/mol. The molecule has 0 atom stereocenters. The number of hydrogen-bond acceptors (Lipinski definition) is 5. The number of rotatable bonds is 7. The highest BCUT2D eigenvalue weighted by Gasteiger charge is 2.21. The third-order valence-electron chi connectivity index (χ3n) is 4.35. The van der Waals surface area contributed by atoms with Crippen molar-refractivity contribution >= 4 is 35.2 Å². The molecule has 5 nitrogen and oxygen atoms in total. The van der Waals surface area contributed by atoms with Gasteiger partial charge in [0.15, 0.2) is 6.61 Å². The molecular formula is C20H23ClN2O3S. The molecule has 0 radical (unpaired) electrons. The minimum atomic E-state index is -0.992. The van der Waals surface area contributed by atoms with Crippen molar-refractivity contribution in [1.82, 2.24) is 4.31 Å². The van der Waals surface area contributed by atoms with Gasteiger partial charge in [-0.25, -0.2) is 9.10 Å². The molecule has 0 amide bonds. The van der Waals surface area contributed by atoms with E-state index in [1.807, 2.05) is 18.0 Å². The number of anilines is 1. The van der Waals surface area contributed by atoms with Crippen molar-refractivity contribution in [3.05, 3.63) is 58.6 Å². The first-order valence-corrected chi connectivity index (χ1v) is 10.2. The molecule has 1 fully saturated rings. The van der Waals surface area contributed by atoms with Crippen LogP contribution in [0.15, 0.2) is 42.5 Å². The van der Waals surface area contributed by atoms with Gasteiger partial charge in [-0.15, -0.1) is 0 Å².